The third-order valence-corrected chi connectivity index (χ3v) is 2.18. The maximum absolute atomic E-state index is 12.1. The Morgan fingerprint density at radius 3 is 2.41 bits per heavy atom. The summed E-state index contributed by atoms with van der Waals surface area (Å²) in [6.45, 7) is -1.82. The topological polar surface area (TPSA) is 21.3 Å². The number of hydrogen-bond acceptors (Lipinski definition) is 2. The fourth-order valence-electron chi connectivity index (χ4n) is 1.42. The molecule has 0 spiro atoms. The molecule has 1 atom stereocenters. The molecule has 1 aromatic carbocycles. The van der Waals surface area contributed by atoms with E-state index < -0.39 is 25.6 Å². The van der Waals surface area contributed by atoms with Crippen molar-refractivity contribution in [3.8, 4) is 5.75 Å². The molecule has 0 aromatic heterocycles. The second-order valence-electron chi connectivity index (χ2n) is 3.44. The van der Waals surface area contributed by atoms with Gasteiger partial charge in [0, 0.05) is 11.6 Å². The first kappa shape index (κ1) is 13.8. The summed E-state index contributed by atoms with van der Waals surface area (Å²) >= 11 is 0. The molecule has 0 radical (unpaired) electrons. The van der Waals surface area contributed by atoms with Crippen LogP contribution in [-0.4, -0.2) is 19.6 Å². The van der Waals surface area contributed by atoms with Gasteiger partial charge in [0.1, 0.15) is 5.75 Å². The van der Waals surface area contributed by atoms with Crippen LogP contribution in [0.3, 0.4) is 0 Å². The number of nitrogens with one attached hydrogen (secondary N) is 1. The zero-order valence-corrected chi connectivity index (χ0v) is 9.17. The van der Waals surface area contributed by atoms with E-state index in [1.54, 1.807) is 25.1 Å². The van der Waals surface area contributed by atoms with Crippen molar-refractivity contribution >= 4 is 0 Å². The highest BCUT2D eigenvalue weighted by Crippen LogP contribution is 2.26. The number of hydrogen-bond donors (Lipinski definition) is 1. The largest absolute Gasteiger partial charge is 0.434 e. The molecule has 0 amide bonds. The molecule has 0 saturated heterocycles. The van der Waals surface area contributed by atoms with Crippen molar-refractivity contribution in [2.24, 2.45) is 0 Å². The molecular weight excluding hydrogens is 238 g/mol. The zero-order chi connectivity index (χ0) is 12.8. The van der Waals surface area contributed by atoms with Crippen molar-refractivity contribution in [1.29, 1.82) is 0 Å². The molecule has 0 heterocycles. The van der Waals surface area contributed by atoms with Crippen LogP contribution in [0.2, 0.25) is 0 Å². The average molecular weight is 251 g/mol. The van der Waals surface area contributed by atoms with Gasteiger partial charge in [-0.2, -0.15) is 8.78 Å². The van der Waals surface area contributed by atoms with Crippen LogP contribution < -0.4 is 10.1 Å². The fourth-order valence-corrected chi connectivity index (χ4v) is 1.42. The van der Waals surface area contributed by atoms with Gasteiger partial charge in [0.25, 0.3) is 6.43 Å². The SMILES string of the molecule is CC(NCC(F)F)c1ccccc1OC(F)F. The molecule has 0 fully saturated rings. The first-order valence-electron chi connectivity index (χ1n) is 5.06. The molecule has 0 aliphatic carbocycles. The van der Waals surface area contributed by atoms with Crippen molar-refractivity contribution < 1.29 is 22.3 Å². The van der Waals surface area contributed by atoms with E-state index in [0.717, 1.165) is 0 Å². The summed E-state index contributed by atoms with van der Waals surface area (Å²) in [4.78, 5) is 0. The molecule has 1 rings (SSSR count). The summed E-state index contributed by atoms with van der Waals surface area (Å²) in [5.41, 5.74) is 0.424. The summed E-state index contributed by atoms with van der Waals surface area (Å²) in [5.74, 6) is -0.00299. The van der Waals surface area contributed by atoms with Crippen LogP contribution in [0.25, 0.3) is 0 Å². The van der Waals surface area contributed by atoms with Gasteiger partial charge >= 0.3 is 6.61 Å². The van der Waals surface area contributed by atoms with Gasteiger partial charge < -0.3 is 10.1 Å². The Morgan fingerprint density at radius 1 is 1.18 bits per heavy atom. The molecule has 96 valence electrons. The smallest absolute Gasteiger partial charge is 0.387 e. The highest BCUT2D eigenvalue weighted by molar-refractivity contribution is 5.35. The van der Waals surface area contributed by atoms with Crippen LogP contribution in [0.4, 0.5) is 17.6 Å². The molecule has 1 unspecified atom stereocenters. The Bertz CT molecular complexity index is 346. The van der Waals surface area contributed by atoms with E-state index in [-0.39, 0.29) is 5.75 Å². The number of para-hydroxylation sites is 1. The van der Waals surface area contributed by atoms with E-state index in [0.29, 0.717) is 5.56 Å². The Hall–Kier alpha value is -1.30. The fraction of sp³-hybridized carbons (Fsp3) is 0.455. The lowest BCUT2D eigenvalue weighted by Crippen LogP contribution is -2.25. The van der Waals surface area contributed by atoms with Crippen LogP contribution in [0.1, 0.15) is 18.5 Å². The summed E-state index contributed by atoms with van der Waals surface area (Å²) in [6.07, 6.45) is -2.49. The minimum atomic E-state index is -2.93. The molecule has 1 N–H and O–H groups in total. The third-order valence-electron chi connectivity index (χ3n) is 2.18. The Labute approximate surface area is 96.6 Å². The summed E-state index contributed by atoms with van der Waals surface area (Å²) in [5, 5.41) is 2.54. The van der Waals surface area contributed by atoms with Gasteiger partial charge in [0.15, 0.2) is 0 Å². The maximum Gasteiger partial charge on any atom is 0.387 e. The lowest BCUT2D eigenvalue weighted by molar-refractivity contribution is -0.0507. The predicted molar refractivity (Wildman–Crippen MR) is 55.5 cm³/mol. The van der Waals surface area contributed by atoms with E-state index in [1.807, 2.05) is 0 Å². The summed E-state index contributed by atoms with van der Waals surface area (Å²) in [7, 11) is 0. The standard InChI is InChI=1S/C11H13F4NO/c1-7(16-6-10(12)13)8-4-2-3-5-9(8)17-11(14)15/h2-5,7,10-11,16H,6H2,1H3. The Morgan fingerprint density at radius 2 is 1.82 bits per heavy atom. The molecule has 0 bridgehead atoms. The second kappa shape index (κ2) is 6.44. The first-order valence-corrected chi connectivity index (χ1v) is 5.06. The van der Waals surface area contributed by atoms with Crippen molar-refractivity contribution in [2.45, 2.75) is 26.0 Å². The van der Waals surface area contributed by atoms with E-state index in [1.165, 1.54) is 6.07 Å². The average Bonchev–Trinajstić information content (AvgIpc) is 2.25. The number of ether oxygens (including phenoxy) is 1. The number of halogens is 4. The van der Waals surface area contributed by atoms with Crippen molar-refractivity contribution in [3.63, 3.8) is 0 Å². The minimum Gasteiger partial charge on any atom is -0.434 e. The van der Waals surface area contributed by atoms with Crippen LogP contribution in [-0.2, 0) is 0 Å². The van der Waals surface area contributed by atoms with Gasteiger partial charge in [0.05, 0.1) is 6.54 Å². The number of alkyl halides is 4. The molecule has 0 saturated carbocycles. The van der Waals surface area contributed by atoms with Crippen molar-refractivity contribution in [2.75, 3.05) is 6.54 Å². The Balaban J connectivity index is 2.74. The number of benzene rings is 1. The maximum atomic E-state index is 12.1. The van der Waals surface area contributed by atoms with Gasteiger partial charge in [-0.25, -0.2) is 8.78 Å². The van der Waals surface area contributed by atoms with Gasteiger partial charge in [0.2, 0.25) is 0 Å². The molecule has 6 heteroatoms. The first-order chi connectivity index (χ1) is 8.00. The predicted octanol–water partition coefficient (Wildman–Crippen LogP) is 3.20. The van der Waals surface area contributed by atoms with Crippen LogP contribution in [0.15, 0.2) is 24.3 Å². The van der Waals surface area contributed by atoms with E-state index in [4.69, 9.17) is 0 Å². The molecule has 2 nitrogen and oxygen atoms in total. The normalized spacial score (nSPS) is 13.1. The molecule has 0 aliphatic rings. The molecule has 17 heavy (non-hydrogen) atoms. The van der Waals surface area contributed by atoms with Gasteiger partial charge in [-0.3, -0.25) is 0 Å². The van der Waals surface area contributed by atoms with Crippen molar-refractivity contribution in [3.05, 3.63) is 29.8 Å². The van der Waals surface area contributed by atoms with Gasteiger partial charge in [-0.1, -0.05) is 18.2 Å². The number of rotatable bonds is 6. The molecule has 0 aliphatic heterocycles. The van der Waals surface area contributed by atoms with E-state index in [2.05, 4.69) is 10.1 Å². The lowest BCUT2D eigenvalue weighted by Gasteiger charge is -2.17. The van der Waals surface area contributed by atoms with E-state index in [9.17, 15) is 17.6 Å². The zero-order valence-electron chi connectivity index (χ0n) is 9.17. The van der Waals surface area contributed by atoms with Crippen LogP contribution in [0, 0.1) is 0 Å². The summed E-state index contributed by atoms with van der Waals surface area (Å²) < 4.78 is 52.6. The minimum absolute atomic E-state index is 0.00299. The molecular formula is C11H13F4NO. The highest BCUT2D eigenvalue weighted by Gasteiger charge is 2.15. The second-order valence-corrected chi connectivity index (χ2v) is 3.44. The Kier molecular flexibility index (Phi) is 5.21. The monoisotopic (exact) mass is 251 g/mol. The lowest BCUT2D eigenvalue weighted by atomic mass is 10.1. The van der Waals surface area contributed by atoms with Crippen LogP contribution in [0.5, 0.6) is 5.75 Å². The summed E-state index contributed by atoms with van der Waals surface area (Å²) in [6, 6.07) is 5.62. The molecule has 1 aromatic rings. The van der Waals surface area contributed by atoms with Gasteiger partial charge in [-0.05, 0) is 13.0 Å². The van der Waals surface area contributed by atoms with Gasteiger partial charge in [-0.15, -0.1) is 0 Å². The van der Waals surface area contributed by atoms with E-state index >= 15 is 0 Å². The third kappa shape index (κ3) is 4.60. The van der Waals surface area contributed by atoms with Crippen molar-refractivity contribution in [1.82, 2.24) is 5.32 Å². The quantitative estimate of drug-likeness (QED) is 0.784. The highest BCUT2D eigenvalue weighted by atomic mass is 19.3. The van der Waals surface area contributed by atoms with Crippen LogP contribution >= 0.6 is 0 Å².